The molecule has 4 rings (SSSR count). The van der Waals surface area contributed by atoms with Gasteiger partial charge in [0.15, 0.2) is 0 Å². The standard InChI is InChI=1S/C21H26Cl2N5O2/c1-13-6-4-5-9-27(13)12-17-24-19-18(20(29)26(3)21(30)25(19)2)28(17)11-14-7-8-15(22)16(23)10-14/h7-8,10,13,18H,4-6,9,11-12H2,1-3H3/q+1. The van der Waals surface area contributed by atoms with E-state index in [0.29, 0.717) is 35.0 Å². The van der Waals surface area contributed by atoms with Gasteiger partial charge in [-0.25, -0.2) is 9.37 Å². The summed E-state index contributed by atoms with van der Waals surface area (Å²) in [7, 11) is 3.18. The van der Waals surface area contributed by atoms with Crippen LogP contribution in [0.5, 0.6) is 0 Å². The Morgan fingerprint density at radius 3 is 2.60 bits per heavy atom. The Balaban J connectivity index is 1.72. The fourth-order valence-electron chi connectivity index (χ4n) is 4.37. The smallest absolute Gasteiger partial charge is 0.289 e. The average molecular weight is 451 g/mol. The number of likely N-dealkylation sites (N-methyl/N-ethyl adjacent to an activating group) is 2. The Labute approximate surface area is 186 Å². The van der Waals surface area contributed by atoms with Crippen LogP contribution in [0.4, 0.5) is 4.79 Å². The predicted octanol–water partition coefficient (Wildman–Crippen LogP) is 3.08. The number of imide groups is 1. The summed E-state index contributed by atoms with van der Waals surface area (Å²) in [6, 6.07) is 4.94. The first-order valence-corrected chi connectivity index (χ1v) is 11.0. The van der Waals surface area contributed by atoms with Gasteiger partial charge in [-0.2, -0.15) is 0 Å². The van der Waals surface area contributed by atoms with E-state index in [9.17, 15) is 9.59 Å². The van der Waals surface area contributed by atoms with Crippen LogP contribution in [0.2, 0.25) is 10.0 Å². The number of carbonyl (C=O) groups excluding carboxylic acids is 2. The van der Waals surface area contributed by atoms with Gasteiger partial charge in [0.2, 0.25) is 0 Å². The zero-order valence-electron chi connectivity index (χ0n) is 17.4. The minimum Gasteiger partial charge on any atom is -0.289 e. The number of amides is 3. The maximum atomic E-state index is 13.1. The van der Waals surface area contributed by atoms with Crippen LogP contribution >= 0.6 is 23.2 Å². The second-order valence-electron chi connectivity index (χ2n) is 8.22. The molecule has 1 aromatic carbocycles. The molecule has 0 aliphatic carbocycles. The van der Waals surface area contributed by atoms with Crippen LogP contribution in [-0.4, -0.2) is 82.2 Å². The van der Waals surface area contributed by atoms with Gasteiger partial charge in [-0.05, 0) is 49.0 Å². The number of rotatable bonds is 4. The highest BCUT2D eigenvalue weighted by molar-refractivity contribution is 6.42. The summed E-state index contributed by atoms with van der Waals surface area (Å²) in [5.74, 6) is 1.03. The third-order valence-electron chi connectivity index (χ3n) is 6.24. The van der Waals surface area contributed by atoms with E-state index in [0.717, 1.165) is 35.7 Å². The van der Waals surface area contributed by atoms with Crippen molar-refractivity contribution in [1.29, 1.82) is 0 Å². The van der Waals surface area contributed by atoms with Crippen molar-refractivity contribution in [1.82, 2.24) is 14.7 Å². The highest BCUT2D eigenvalue weighted by Gasteiger charge is 2.53. The molecule has 3 aliphatic rings. The number of aliphatic imine (C=N–C) groups is 1. The Kier molecular flexibility index (Phi) is 5.88. The van der Waals surface area contributed by atoms with E-state index >= 15 is 0 Å². The first kappa shape index (κ1) is 21.3. The minimum atomic E-state index is -0.623. The lowest BCUT2D eigenvalue weighted by Gasteiger charge is -2.32. The van der Waals surface area contributed by atoms with Crippen molar-refractivity contribution in [3.8, 4) is 0 Å². The van der Waals surface area contributed by atoms with Gasteiger partial charge in [0.25, 0.3) is 17.8 Å². The summed E-state index contributed by atoms with van der Waals surface area (Å²) in [5.41, 5.74) is 0.931. The molecule has 0 radical (unpaired) electrons. The molecule has 160 valence electrons. The largest absolute Gasteiger partial charge is 0.333 e. The summed E-state index contributed by atoms with van der Waals surface area (Å²) >= 11 is 12.3. The van der Waals surface area contributed by atoms with E-state index in [-0.39, 0.29) is 11.9 Å². The number of nitrogens with zero attached hydrogens (tertiary/aromatic N) is 5. The molecule has 3 amide bonds. The Bertz CT molecular complexity index is 961. The molecular weight excluding hydrogens is 425 g/mol. The second kappa shape index (κ2) is 8.29. The van der Waals surface area contributed by atoms with Crippen LogP contribution in [0.1, 0.15) is 31.7 Å². The van der Waals surface area contributed by atoms with Gasteiger partial charge in [-0.15, -0.1) is 0 Å². The number of likely N-dealkylation sites (tertiary alicyclic amines) is 1. The van der Waals surface area contributed by atoms with E-state index in [2.05, 4.69) is 11.8 Å². The first-order valence-electron chi connectivity index (χ1n) is 10.2. The van der Waals surface area contributed by atoms with Crippen molar-refractivity contribution < 1.29 is 14.2 Å². The number of hydrogen-bond acceptors (Lipinski definition) is 4. The van der Waals surface area contributed by atoms with E-state index in [1.54, 1.807) is 13.1 Å². The highest BCUT2D eigenvalue weighted by Crippen LogP contribution is 2.26. The normalized spacial score (nSPS) is 25.2. The summed E-state index contributed by atoms with van der Waals surface area (Å²) in [5, 5.41) is 0.962. The number of piperidine rings is 1. The molecule has 9 heteroatoms. The molecule has 2 fully saturated rings. The summed E-state index contributed by atoms with van der Waals surface area (Å²) < 4.78 is 2.00. The monoisotopic (exact) mass is 450 g/mol. The van der Waals surface area contributed by atoms with Crippen LogP contribution in [0.25, 0.3) is 0 Å². The Morgan fingerprint density at radius 1 is 1.13 bits per heavy atom. The summed E-state index contributed by atoms with van der Waals surface area (Å²) in [4.78, 5) is 35.3. The fourth-order valence-corrected chi connectivity index (χ4v) is 4.69. The van der Waals surface area contributed by atoms with Crippen molar-refractivity contribution in [2.45, 2.75) is 44.8 Å². The van der Waals surface area contributed by atoms with E-state index < -0.39 is 6.04 Å². The molecule has 2 unspecified atom stereocenters. The van der Waals surface area contributed by atoms with Gasteiger partial charge >= 0.3 is 11.9 Å². The number of halogens is 2. The third-order valence-corrected chi connectivity index (χ3v) is 6.97. The van der Waals surface area contributed by atoms with Crippen molar-refractivity contribution in [2.24, 2.45) is 4.99 Å². The maximum absolute atomic E-state index is 13.1. The molecule has 1 aromatic rings. The quantitative estimate of drug-likeness (QED) is 0.662. The molecule has 7 nitrogen and oxygen atoms in total. The molecule has 0 saturated carbocycles. The van der Waals surface area contributed by atoms with Crippen LogP contribution < -0.4 is 0 Å². The van der Waals surface area contributed by atoms with E-state index in [1.807, 2.05) is 16.7 Å². The Morgan fingerprint density at radius 2 is 1.90 bits per heavy atom. The molecule has 3 heterocycles. The van der Waals surface area contributed by atoms with Gasteiger partial charge in [-0.3, -0.25) is 19.5 Å². The minimum absolute atomic E-state index is 0.265. The van der Waals surface area contributed by atoms with Crippen LogP contribution in [0, 0.1) is 0 Å². The average Bonchev–Trinajstić information content (AvgIpc) is 3.07. The van der Waals surface area contributed by atoms with Crippen molar-refractivity contribution in [3.05, 3.63) is 33.8 Å². The lowest BCUT2D eigenvalue weighted by atomic mass is 10.0. The maximum Gasteiger partial charge on any atom is 0.333 e. The van der Waals surface area contributed by atoms with Gasteiger partial charge in [0, 0.05) is 20.1 Å². The number of carbonyl (C=O) groups is 2. The molecule has 0 N–H and O–H groups in total. The van der Waals surface area contributed by atoms with Crippen molar-refractivity contribution in [2.75, 3.05) is 27.2 Å². The molecule has 0 spiro atoms. The van der Waals surface area contributed by atoms with Gasteiger partial charge in [0.05, 0.1) is 10.0 Å². The SMILES string of the molecule is CC1CCCCN1CC1=[N+](Cc2ccc(Cl)c(Cl)c2)C2C(=O)N(C)C(=O)N(C)C2=N1. The van der Waals surface area contributed by atoms with E-state index in [1.165, 1.54) is 18.4 Å². The zero-order chi connectivity index (χ0) is 21.6. The van der Waals surface area contributed by atoms with Gasteiger partial charge in [-0.1, -0.05) is 35.7 Å². The third kappa shape index (κ3) is 3.74. The summed E-state index contributed by atoms with van der Waals surface area (Å²) in [6.45, 7) is 4.32. The zero-order valence-corrected chi connectivity index (χ0v) is 18.9. The number of amidine groups is 2. The fraction of sp³-hybridized carbons (Fsp3) is 0.524. The molecule has 2 atom stereocenters. The molecule has 2 saturated heterocycles. The first-order chi connectivity index (χ1) is 14.3. The van der Waals surface area contributed by atoms with Crippen molar-refractivity contribution >= 4 is 46.8 Å². The number of hydrogen-bond donors (Lipinski definition) is 0. The molecule has 30 heavy (non-hydrogen) atoms. The van der Waals surface area contributed by atoms with Crippen LogP contribution in [0.3, 0.4) is 0 Å². The molecular formula is C21H26Cl2N5O2+. The van der Waals surface area contributed by atoms with Crippen molar-refractivity contribution in [3.63, 3.8) is 0 Å². The number of benzene rings is 1. The molecule has 3 aliphatic heterocycles. The molecule has 0 aromatic heterocycles. The van der Waals surface area contributed by atoms with E-state index in [4.69, 9.17) is 28.2 Å². The lowest BCUT2D eigenvalue weighted by Crippen LogP contribution is -2.61. The topological polar surface area (TPSA) is 59.2 Å². The number of urea groups is 1. The van der Waals surface area contributed by atoms with Crippen LogP contribution in [-0.2, 0) is 11.3 Å². The number of fused-ring (bicyclic) bond motifs is 1. The van der Waals surface area contributed by atoms with Crippen LogP contribution in [0.15, 0.2) is 23.2 Å². The summed E-state index contributed by atoms with van der Waals surface area (Å²) in [6.07, 6.45) is 3.54. The second-order valence-corrected chi connectivity index (χ2v) is 9.03. The molecule has 0 bridgehead atoms. The lowest BCUT2D eigenvalue weighted by molar-refractivity contribution is -0.552. The highest BCUT2D eigenvalue weighted by atomic mass is 35.5. The van der Waals surface area contributed by atoms with Gasteiger partial charge in [0.1, 0.15) is 13.1 Å². The van der Waals surface area contributed by atoms with Gasteiger partial charge < -0.3 is 0 Å². The Hall–Kier alpha value is -1.96. The predicted molar refractivity (Wildman–Crippen MR) is 117 cm³/mol.